The van der Waals surface area contributed by atoms with Crippen molar-refractivity contribution in [2.75, 3.05) is 32.9 Å². The molecule has 29 heavy (non-hydrogen) atoms. The van der Waals surface area contributed by atoms with Crippen molar-refractivity contribution in [2.24, 2.45) is 0 Å². The van der Waals surface area contributed by atoms with Crippen molar-refractivity contribution in [1.29, 1.82) is 0 Å². The van der Waals surface area contributed by atoms with Gasteiger partial charge in [-0.3, -0.25) is 4.79 Å². The van der Waals surface area contributed by atoms with Crippen molar-refractivity contribution >= 4 is 29.1 Å². The molecule has 0 radical (unpaired) electrons. The fraction of sp³-hybridized carbons (Fsp3) is 0.316. The molecule has 3 rings (SSSR count). The summed E-state index contributed by atoms with van der Waals surface area (Å²) in [5.41, 5.74) is -0.974. The van der Waals surface area contributed by atoms with Crippen molar-refractivity contribution in [2.45, 2.75) is 6.18 Å². The molecule has 0 bridgehead atoms. The van der Waals surface area contributed by atoms with E-state index in [0.29, 0.717) is 32.1 Å². The molecule has 0 saturated carbocycles. The first kappa shape index (κ1) is 21.5. The summed E-state index contributed by atoms with van der Waals surface area (Å²) in [6, 6.07) is 7.75. The molecule has 1 aliphatic heterocycles. The lowest BCUT2D eigenvalue weighted by molar-refractivity contribution is -0.138. The molecule has 0 N–H and O–H groups in total. The standard InChI is InChI=1S/C19H16Cl2F3NO4/c20-15-8-12(19(22,23)24)9-16(21)18(15)29-14-3-1-2-13(10-14)28-11-17(26)25-4-6-27-7-5-25/h1-3,8-10H,4-7,11H2. The van der Waals surface area contributed by atoms with Crippen LogP contribution in [0.15, 0.2) is 36.4 Å². The van der Waals surface area contributed by atoms with Gasteiger partial charge in [-0.2, -0.15) is 13.2 Å². The third-order valence-corrected chi connectivity index (χ3v) is 4.64. The molecule has 5 nitrogen and oxygen atoms in total. The number of morpholine rings is 1. The minimum absolute atomic E-state index is 0.108. The molecule has 1 aliphatic rings. The molecule has 0 unspecified atom stereocenters. The topological polar surface area (TPSA) is 48.0 Å². The van der Waals surface area contributed by atoms with Gasteiger partial charge in [0.1, 0.15) is 11.5 Å². The Kier molecular flexibility index (Phi) is 6.77. The fourth-order valence-corrected chi connectivity index (χ4v) is 3.18. The van der Waals surface area contributed by atoms with E-state index in [-0.39, 0.29) is 34.1 Å². The zero-order valence-electron chi connectivity index (χ0n) is 15.0. The lowest BCUT2D eigenvalue weighted by atomic mass is 10.2. The van der Waals surface area contributed by atoms with Crippen LogP contribution in [0.3, 0.4) is 0 Å². The Bertz CT molecular complexity index is 863. The van der Waals surface area contributed by atoms with Crippen molar-refractivity contribution in [1.82, 2.24) is 4.90 Å². The van der Waals surface area contributed by atoms with Gasteiger partial charge in [-0.25, -0.2) is 0 Å². The summed E-state index contributed by atoms with van der Waals surface area (Å²) in [4.78, 5) is 13.8. The molecule has 1 amide bonds. The van der Waals surface area contributed by atoms with Gasteiger partial charge in [-0.1, -0.05) is 29.3 Å². The molecule has 1 heterocycles. The fourth-order valence-electron chi connectivity index (χ4n) is 2.62. The Morgan fingerprint density at radius 1 is 1.07 bits per heavy atom. The van der Waals surface area contributed by atoms with Crippen LogP contribution in [-0.4, -0.2) is 43.7 Å². The van der Waals surface area contributed by atoms with E-state index in [9.17, 15) is 18.0 Å². The Morgan fingerprint density at radius 3 is 2.31 bits per heavy atom. The van der Waals surface area contributed by atoms with Gasteiger partial charge in [-0.05, 0) is 24.3 Å². The summed E-state index contributed by atoms with van der Waals surface area (Å²) in [6.07, 6.45) is -4.58. The molecule has 1 saturated heterocycles. The van der Waals surface area contributed by atoms with Gasteiger partial charge < -0.3 is 19.1 Å². The summed E-state index contributed by atoms with van der Waals surface area (Å²) in [5, 5.41) is -0.558. The summed E-state index contributed by atoms with van der Waals surface area (Å²) < 4.78 is 54.7. The number of hydrogen-bond acceptors (Lipinski definition) is 4. The van der Waals surface area contributed by atoms with E-state index < -0.39 is 11.7 Å². The van der Waals surface area contributed by atoms with E-state index in [0.717, 1.165) is 12.1 Å². The van der Waals surface area contributed by atoms with E-state index in [1.165, 1.54) is 6.07 Å². The molecule has 0 spiro atoms. The first-order chi connectivity index (χ1) is 13.7. The first-order valence-corrected chi connectivity index (χ1v) is 9.32. The molecule has 10 heteroatoms. The summed E-state index contributed by atoms with van der Waals surface area (Å²) in [5.74, 6) is 0.310. The van der Waals surface area contributed by atoms with Gasteiger partial charge in [-0.15, -0.1) is 0 Å². The van der Waals surface area contributed by atoms with Crippen LogP contribution in [0.5, 0.6) is 17.2 Å². The molecular weight excluding hydrogens is 434 g/mol. The lowest BCUT2D eigenvalue weighted by Crippen LogP contribution is -2.42. The van der Waals surface area contributed by atoms with Gasteiger partial charge in [0.05, 0.1) is 28.8 Å². The maximum absolute atomic E-state index is 12.8. The molecule has 1 fully saturated rings. The predicted octanol–water partition coefficient (Wildman–Crippen LogP) is 5.04. The smallest absolute Gasteiger partial charge is 0.416 e. The van der Waals surface area contributed by atoms with Crippen molar-refractivity contribution in [3.63, 3.8) is 0 Å². The largest absolute Gasteiger partial charge is 0.484 e. The minimum atomic E-state index is -4.58. The number of rotatable bonds is 5. The number of benzene rings is 2. The molecule has 2 aromatic carbocycles. The molecule has 0 aliphatic carbocycles. The SMILES string of the molecule is O=C(COc1cccc(Oc2c(Cl)cc(C(F)(F)F)cc2Cl)c1)N1CCOCC1. The van der Waals surface area contributed by atoms with Crippen molar-refractivity contribution in [3.05, 3.63) is 52.0 Å². The zero-order chi connectivity index (χ0) is 21.0. The average Bonchev–Trinajstić information content (AvgIpc) is 2.69. The van der Waals surface area contributed by atoms with Gasteiger partial charge in [0.2, 0.25) is 0 Å². The number of carbonyl (C=O) groups is 1. The number of ether oxygens (including phenoxy) is 3. The van der Waals surface area contributed by atoms with E-state index in [2.05, 4.69) is 0 Å². The third kappa shape index (κ3) is 5.68. The maximum atomic E-state index is 12.8. The van der Waals surface area contributed by atoms with Gasteiger partial charge in [0.25, 0.3) is 5.91 Å². The number of nitrogens with zero attached hydrogens (tertiary/aromatic N) is 1. The second-order valence-corrected chi connectivity index (χ2v) is 6.94. The number of amides is 1. The summed E-state index contributed by atoms with van der Waals surface area (Å²) in [7, 11) is 0. The van der Waals surface area contributed by atoms with Gasteiger partial charge in [0.15, 0.2) is 12.4 Å². The van der Waals surface area contributed by atoms with E-state index in [4.69, 9.17) is 37.4 Å². The van der Waals surface area contributed by atoms with Gasteiger partial charge >= 0.3 is 6.18 Å². The van der Waals surface area contributed by atoms with Crippen molar-refractivity contribution < 1.29 is 32.2 Å². The Balaban J connectivity index is 1.68. The molecule has 0 atom stereocenters. The van der Waals surface area contributed by atoms with E-state index >= 15 is 0 Å². The Labute approximate surface area is 174 Å². The van der Waals surface area contributed by atoms with Crippen LogP contribution in [0, 0.1) is 0 Å². The average molecular weight is 450 g/mol. The van der Waals surface area contributed by atoms with Crippen LogP contribution in [0.4, 0.5) is 13.2 Å². The van der Waals surface area contributed by atoms with Gasteiger partial charge in [0, 0.05) is 19.2 Å². The number of carbonyl (C=O) groups excluding carboxylic acids is 1. The maximum Gasteiger partial charge on any atom is 0.416 e. The highest BCUT2D eigenvalue weighted by Gasteiger charge is 2.32. The Hall–Kier alpha value is -2.16. The quantitative estimate of drug-likeness (QED) is 0.641. The lowest BCUT2D eigenvalue weighted by Gasteiger charge is -2.26. The van der Waals surface area contributed by atoms with Crippen molar-refractivity contribution in [3.8, 4) is 17.2 Å². The van der Waals surface area contributed by atoms with E-state index in [1.54, 1.807) is 23.1 Å². The molecule has 2 aromatic rings. The molecular formula is C19H16Cl2F3NO4. The number of alkyl halides is 3. The molecule has 0 aromatic heterocycles. The number of hydrogen-bond donors (Lipinski definition) is 0. The summed E-state index contributed by atoms with van der Waals surface area (Å²) >= 11 is 11.8. The summed E-state index contributed by atoms with van der Waals surface area (Å²) in [6.45, 7) is 1.84. The number of halogens is 5. The highest BCUT2D eigenvalue weighted by molar-refractivity contribution is 6.37. The first-order valence-electron chi connectivity index (χ1n) is 8.56. The predicted molar refractivity (Wildman–Crippen MR) is 101 cm³/mol. The van der Waals surface area contributed by atoms with Crippen LogP contribution in [0.2, 0.25) is 10.0 Å². The Morgan fingerprint density at radius 2 is 1.69 bits per heavy atom. The second-order valence-electron chi connectivity index (χ2n) is 6.13. The van der Waals surface area contributed by atoms with Crippen LogP contribution < -0.4 is 9.47 Å². The highest BCUT2D eigenvalue weighted by Crippen LogP contribution is 2.42. The normalized spacial score (nSPS) is 14.6. The van der Waals surface area contributed by atoms with Crippen LogP contribution in [0.25, 0.3) is 0 Å². The van der Waals surface area contributed by atoms with E-state index in [1.807, 2.05) is 0 Å². The second kappa shape index (κ2) is 9.11. The van der Waals surface area contributed by atoms with Crippen LogP contribution in [0.1, 0.15) is 5.56 Å². The zero-order valence-corrected chi connectivity index (χ0v) is 16.5. The third-order valence-electron chi connectivity index (χ3n) is 4.08. The van der Waals surface area contributed by atoms with Crippen LogP contribution in [-0.2, 0) is 15.7 Å². The minimum Gasteiger partial charge on any atom is -0.484 e. The highest BCUT2D eigenvalue weighted by atomic mass is 35.5. The molecule has 156 valence electrons. The van der Waals surface area contributed by atoms with Crippen LogP contribution >= 0.6 is 23.2 Å². The monoisotopic (exact) mass is 449 g/mol.